The molecule has 15 heteroatoms. The van der Waals surface area contributed by atoms with Gasteiger partial charge in [-0.25, -0.2) is 4.79 Å². The number of ether oxygens (including phenoxy) is 14. The van der Waals surface area contributed by atoms with Crippen molar-refractivity contribution in [3.63, 3.8) is 0 Å². The highest BCUT2D eigenvalue weighted by Crippen LogP contribution is 2.04. The van der Waals surface area contributed by atoms with Crippen LogP contribution in [0.2, 0.25) is 0 Å². The van der Waals surface area contributed by atoms with Gasteiger partial charge in [0.1, 0.15) is 0 Å². The van der Waals surface area contributed by atoms with Gasteiger partial charge >= 0.3 is 5.97 Å². The number of unbranched alkanes of at least 4 members (excludes halogenated alkanes) is 13. The Bertz CT molecular complexity index is 1040. The minimum atomic E-state index is -0.323. The van der Waals surface area contributed by atoms with Gasteiger partial charge in [0.2, 0.25) is 0 Å². The predicted molar refractivity (Wildman–Crippen MR) is 292 cm³/mol. The van der Waals surface area contributed by atoms with Crippen LogP contribution in [0.15, 0.2) is 12.2 Å². The fourth-order valence-corrected chi connectivity index (χ4v) is 6.86. The summed E-state index contributed by atoms with van der Waals surface area (Å²) in [5.41, 5.74) is 0.436. The zero-order chi connectivity index (χ0) is 52.5. The van der Waals surface area contributed by atoms with Crippen LogP contribution in [0.3, 0.4) is 0 Å². The van der Waals surface area contributed by atoms with Crippen molar-refractivity contribution >= 4 is 5.97 Å². The quantitative estimate of drug-likeness (QED) is 0.0323. The largest absolute Gasteiger partial charge is 0.462 e. The first kappa shape index (κ1) is 71.7. The van der Waals surface area contributed by atoms with E-state index < -0.39 is 0 Å². The zero-order valence-corrected chi connectivity index (χ0v) is 47.3. The summed E-state index contributed by atoms with van der Waals surface area (Å²) in [4.78, 5) is 11.3. The first-order valence-corrected chi connectivity index (χ1v) is 29.5. The monoisotopic (exact) mass is 1050 g/mol. The Morgan fingerprint density at radius 2 is 0.356 bits per heavy atom. The smallest absolute Gasteiger partial charge is 0.333 e. The normalized spacial score (nSPS) is 11.6. The van der Waals surface area contributed by atoms with Crippen LogP contribution in [0.4, 0.5) is 0 Å². The van der Waals surface area contributed by atoms with E-state index in [1.54, 1.807) is 6.92 Å². The third-order valence-corrected chi connectivity index (χ3v) is 11.4. The van der Waals surface area contributed by atoms with E-state index in [-0.39, 0.29) is 5.97 Å². The molecule has 0 bridgehead atoms. The fourth-order valence-electron chi connectivity index (χ4n) is 6.86. The van der Waals surface area contributed by atoms with Gasteiger partial charge in [-0.15, -0.1) is 0 Å². The maximum Gasteiger partial charge on any atom is 0.333 e. The van der Waals surface area contributed by atoms with E-state index in [4.69, 9.17) is 66.3 Å². The molecular formula is C58H114O15. The van der Waals surface area contributed by atoms with Gasteiger partial charge in [0.15, 0.2) is 0 Å². The molecule has 0 aliphatic heterocycles. The summed E-state index contributed by atoms with van der Waals surface area (Å²) in [5.74, 6) is -0.323. The van der Waals surface area contributed by atoms with Crippen molar-refractivity contribution in [2.24, 2.45) is 0 Å². The lowest BCUT2D eigenvalue weighted by molar-refractivity contribution is -0.139. The van der Waals surface area contributed by atoms with Gasteiger partial charge in [0.25, 0.3) is 0 Å². The van der Waals surface area contributed by atoms with Crippen LogP contribution in [-0.4, -0.2) is 184 Å². The average molecular weight is 1050 g/mol. The molecule has 0 aromatic carbocycles. The van der Waals surface area contributed by atoms with E-state index in [1.807, 2.05) is 6.92 Å². The van der Waals surface area contributed by atoms with Crippen molar-refractivity contribution in [2.45, 2.75) is 181 Å². The van der Waals surface area contributed by atoms with E-state index >= 15 is 0 Å². The molecule has 0 heterocycles. The number of carbonyl (C=O) groups is 1. The maximum atomic E-state index is 11.3. The van der Waals surface area contributed by atoms with Gasteiger partial charge in [0.05, 0.1) is 6.61 Å². The number of carbonyl (C=O) groups excluding carboxylic acids is 1. The van der Waals surface area contributed by atoms with Gasteiger partial charge in [0, 0.05) is 177 Å². The third kappa shape index (κ3) is 66.7. The SMILES string of the molecule is C=C(C)C(=O)OCCCCOCCCCOCCCCOCCCCOCCCCOCCCCOCCCCOCCCCOCCCCOCCCCOCCCCOCCCCOCCCCOCC. The van der Waals surface area contributed by atoms with Crippen LogP contribution in [0.5, 0.6) is 0 Å². The molecule has 0 N–H and O–H groups in total. The van der Waals surface area contributed by atoms with E-state index in [2.05, 4.69) is 6.58 Å². The fraction of sp³-hybridized carbons (Fsp3) is 0.948. The Hall–Kier alpha value is -1.31. The van der Waals surface area contributed by atoms with Gasteiger partial charge in [-0.1, -0.05) is 6.58 Å². The molecule has 0 spiro atoms. The minimum absolute atomic E-state index is 0.323. The minimum Gasteiger partial charge on any atom is -0.462 e. The summed E-state index contributed by atoms with van der Waals surface area (Å²) in [5, 5.41) is 0. The molecule has 0 radical (unpaired) electrons. The van der Waals surface area contributed by atoms with Crippen LogP contribution in [0.25, 0.3) is 0 Å². The molecule has 436 valence electrons. The number of rotatable bonds is 67. The molecule has 0 aliphatic rings. The van der Waals surface area contributed by atoms with Crippen molar-refractivity contribution in [1.29, 1.82) is 0 Å². The summed E-state index contributed by atoms with van der Waals surface area (Å²) in [7, 11) is 0. The van der Waals surface area contributed by atoms with Crippen LogP contribution in [-0.2, 0) is 71.1 Å². The molecular weight excluding hydrogens is 937 g/mol. The summed E-state index contributed by atoms with van der Waals surface area (Å²) < 4.78 is 79.3. The van der Waals surface area contributed by atoms with Crippen molar-refractivity contribution < 1.29 is 71.1 Å². The first-order valence-electron chi connectivity index (χ1n) is 29.5. The number of esters is 1. The second kappa shape index (κ2) is 66.8. The lowest BCUT2D eigenvalue weighted by atomic mass is 10.3. The molecule has 0 unspecified atom stereocenters. The summed E-state index contributed by atoms with van der Waals surface area (Å²) in [6.07, 6.45) is 26.7. The number of hydrogen-bond acceptors (Lipinski definition) is 15. The lowest BCUT2D eigenvalue weighted by Crippen LogP contribution is -2.07. The molecule has 0 fully saturated rings. The van der Waals surface area contributed by atoms with Gasteiger partial charge < -0.3 is 66.3 Å². The third-order valence-electron chi connectivity index (χ3n) is 11.4. The highest BCUT2D eigenvalue weighted by atomic mass is 16.5. The van der Waals surface area contributed by atoms with Crippen LogP contribution >= 0.6 is 0 Å². The zero-order valence-electron chi connectivity index (χ0n) is 47.3. The molecule has 0 saturated heterocycles. The summed E-state index contributed by atoms with van der Waals surface area (Å²) in [6, 6.07) is 0. The second-order valence-electron chi connectivity index (χ2n) is 18.7. The summed E-state index contributed by atoms with van der Waals surface area (Å²) in [6.45, 7) is 28.4. The molecule has 0 atom stereocenters. The van der Waals surface area contributed by atoms with Crippen LogP contribution < -0.4 is 0 Å². The van der Waals surface area contributed by atoms with Crippen molar-refractivity contribution in [1.82, 2.24) is 0 Å². The van der Waals surface area contributed by atoms with Crippen molar-refractivity contribution in [3.8, 4) is 0 Å². The second-order valence-corrected chi connectivity index (χ2v) is 18.7. The van der Waals surface area contributed by atoms with E-state index in [0.29, 0.717) is 18.8 Å². The van der Waals surface area contributed by atoms with Crippen molar-refractivity contribution in [2.75, 3.05) is 178 Å². The Balaban J connectivity index is 3.08. The number of hydrogen-bond donors (Lipinski definition) is 0. The molecule has 73 heavy (non-hydrogen) atoms. The Morgan fingerprint density at radius 1 is 0.233 bits per heavy atom. The summed E-state index contributed by atoms with van der Waals surface area (Å²) >= 11 is 0. The maximum absolute atomic E-state index is 11.3. The van der Waals surface area contributed by atoms with Gasteiger partial charge in [-0.2, -0.15) is 0 Å². The van der Waals surface area contributed by atoms with E-state index in [1.165, 1.54) is 0 Å². The average Bonchev–Trinajstić information content (AvgIpc) is 3.39. The Morgan fingerprint density at radius 3 is 0.479 bits per heavy atom. The van der Waals surface area contributed by atoms with E-state index in [0.717, 1.165) is 332 Å². The molecule has 0 rings (SSSR count). The topological polar surface area (TPSA) is 146 Å². The lowest BCUT2D eigenvalue weighted by Gasteiger charge is -2.08. The molecule has 0 aliphatic carbocycles. The van der Waals surface area contributed by atoms with Crippen LogP contribution in [0.1, 0.15) is 181 Å². The molecule has 15 nitrogen and oxygen atoms in total. The van der Waals surface area contributed by atoms with Gasteiger partial charge in [-0.05, 0) is 181 Å². The Kier molecular flexibility index (Phi) is 65.6. The standard InChI is InChI=1S/C58H114O15/c1-4-60-31-5-6-32-61-33-7-8-34-62-35-9-10-36-63-37-11-12-38-64-39-13-14-40-65-41-15-16-42-66-43-17-18-44-67-45-19-20-46-68-47-21-22-48-69-49-23-24-50-70-51-25-26-52-71-53-27-28-54-72-55-29-30-56-73-58(59)57(2)3/h2,4-56H2,1,3H3. The van der Waals surface area contributed by atoms with Crippen molar-refractivity contribution in [3.05, 3.63) is 12.2 Å². The highest BCUT2D eigenvalue weighted by molar-refractivity contribution is 5.86. The predicted octanol–water partition coefficient (Wildman–Crippen LogP) is 11.5. The van der Waals surface area contributed by atoms with Gasteiger partial charge in [-0.3, -0.25) is 0 Å². The molecule has 0 amide bonds. The van der Waals surface area contributed by atoms with E-state index in [9.17, 15) is 4.79 Å². The molecule has 0 aromatic heterocycles. The molecule has 0 saturated carbocycles. The molecule has 0 aromatic rings. The first-order chi connectivity index (χ1) is 36.2. The van der Waals surface area contributed by atoms with Crippen LogP contribution in [0, 0.1) is 0 Å². The highest BCUT2D eigenvalue weighted by Gasteiger charge is 2.03. The Labute approximate surface area is 447 Å².